The third kappa shape index (κ3) is 3.77. The van der Waals surface area contributed by atoms with Gasteiger partial charge in [0.25, 0.3) is 0 Å². The molecule has 3 heterocycles. The van der Waals surface area contributed by atoms with Crippen molar-refractivity contribution in [3.05, 3.63) is 162 Å². The fraction of sp³-hybridized carbons (Fsp3) is 0.0256. The van der Waals surface area contributed by atoms with E-state index in [4.69, 9.17) is 9.98 Å². The summed E-state index contributed by atoms with van der Waals surface area (Å²) in [6, 6.07) is 51.4. The number of nitrogens with zero attached hydrogens (tertiary/aromatic N) is 3. The first-order chi connectivity index (χ1) is 21.3. The van der Waals surface area contributed by atoms with Crippen LogP contribution in [0.5, 0.6) is 0 Å². The van der Waals surface area contributed by atoms with E-state index in [9.17, 15) is 0 Å². The van der Waals surface area contributed by atoms with Crippen molar-refractivity contribution in [2.45, 2.75) is 6.17 Å². The number of para-hydroxylation sites is 2. The summed E-state index contributed by atoms with van der Waals surface area (Å²) in [5, 5.41) is 8.69. The molecule has 0 aliphatic carbocycles. The minimum atomic E-state index is -0.342. The van der Waals surface area contributed by atoms with E-state index in [2.05, 4.69) is 131 Å². The van der Waals surface area contributed by atoms with Gasteiger partial charge in [-0.05, 0) is 28.8 Å². The van der Waals surface area contributed by atoms with Crippen LogP contribution in [0, 0.1) is 0 Å². The van der Waals surface area contributed by atoms with Crippen molar-refractivity contribution in [1.82, 2.24) is 9.72 Å². The summed E-state index contributed by atoms with van der Waals surface area (Å²) in [5.41, 5.74) is 9.18. The average molecular weight is 551 g/mol. The summed E-state index contributed by atoms with van der Waals surface area (Å²) < 4.78 is 2.41. The molecule has 6 aromatic carbocycles. The Labute approximate surface area is 248 Å². The highest BCUT2D eigenvalue weighted by atomic mass is 15.2. The van der Waals surface area contributed by atoms with Gasteiger partial charge in [0.15, 0.2) is 6.17 Å². The smallest absolute Gasteiger partial charge is 0.169 e. The van der Waals surface area contributed by atoms with E-state index in [1.54, 1.807) is 0 Å². The summed E-state index contributed by atoms with van der Waals surface area (Å²) in [5.74, 6) is 1.63. The summed E-state index contributed by atoms with van der Waals surface area (Å²) in [6.45, 7) is 0. The largest absolute Gasteiger partial charge is 0.324 e. The molecule has 0 bridgehead atoms. The monoisotopic (exact) mass is 550 g/mol. The molecule has 2 aromatic heterocycles. The van der Waals surface area contributed by atoms with Crippen LogP contribution in [0.1, 0.15) is 22.9 Å². The first-order valence-corrected chi connectivity index (χ1v) is 14.6. The molecule has 8 aromatic rings. The number of aromatic nitrogens is 1. The molecule has 0 saturated heterocycles. The topological polar surface area (TPSA) is 41.2 Å². The standard InChI is InChI=1S/C39H26N4/c1-3-10-25(11-4-1)26-18-20-28(21-19-26)38-40-37(27-12-5-2-6-13-27)41-39(42-38)29-22-23-31-33-16-9-15-32-30-14-7-8-17-34(30)43(36(32)33)35(31)24-29/h1-24,37H,(H,40,41,42). The number of rotatable bonds is 4. The number of aliphatic imine (C=N–C) groups is 2. The van der Waals surface area contributed by atoms with Gasteiger partial charge < -0.3 is 9.72 Å². The van der Waals surface area contributed by atoms with Crippen molar-refractivity contribution in [1.29, 1.82) is 0 Å². The maximum atomic E-state index is 5.15. The second-order valence-electron chi connectivity index (χ2n) is 11.1. The summed E-state index contributed by atoms with van der Waals surface area (Å²) in [7, 11) is 0. The van der Waals surface area contributed by atoms with Crippen LogP contribution in [-0.4, -0.2) is 16.1 Å². The summed E-state index contributed by atoms with van der Waals surface area (Å²) in [4.78, 5) is 10.2. The van der Waals surface area contributed by atoms with Crippen molar-refractivity contribution in [2.24, 2.45) is 9.98 Å². The van der Waals surface area contributed by atoms with Crippen LogP contribution in [0.25, 0.3) is 49.2 Å². The maximum absolute atomic E-state index is 5.15. The zero-order valence-corrected chi connectivity index (χ0v) is 23.3. The molecule has 9 rings (SSSR count). The normalized spacial score (nSPS) is 15.2. The molecule has 1 aliphatic heterocycles. The van der Waals surface area contributed by atoms with E-state index in [0.717, 1.165) is 28.4 Å². The van der Waals surface area contributed by atoms with Gasteiger partial charge in [0.05, 0.1) is 16.6 Å². The van der Waals surface area contributed by atoms with Crippen molar-refractivity contribution in [3.63, 3.8) is 0 Å². The average Bonchev–Trinajstić information content (AvgIpc) is 3.61. The van der Waals surface area contributed by atoms with Crippen LogP contribution >= 0.6 is 0 Å². The minimum Gasteiger partial charge on any atom is -0.324 e. The molecule has 1 N–H and O–H groups in total. The molecule has 43 heavy (non-hydrogen) atoms. The van der Waals surface area contributed by atoms with Gasteiger partial charge in [-0.3, -0.25) is 0 Å². The zero-order chi connectivity index (χ0) is 28.3. The Balaban J connectivity index is 1.18. The van der Waals surface area contributed by atoms with Crippen LogP contribution in [0.3, 0.4) is 0 Å². The summed E-state index contributed by atoms with van der Waals surface area (Å²) >= 11 is 0. The SMILES string of the molecule is c1ccc(-c2ccc(C3=NC(c4ccccc4)N=C(c4ccc5c6cccc7c8ccccc8n(c5c4)c76)N3)cc2)cc1. The lowest BCUT2D eigenvalue weighted by Gasteiger charge is -2.22. The molecule has 1 aliphatic rings. The molecular formula is C39H26N4. The Morgan fingerprint density at radius 1 is 0.442 bits per heavy atom. The third-order valence-corrected chi connectivity index (χ3v) is 8.60. The molecule has 0 amide bonds. The molecule has 1 unspecified atom stereocenters. The van der Waals surface area contributed by atoms with E-state index in [1.807, 2.05) is 24.3 Å². The highest BCUT2D eigenvalue weighted by Gasteiger charge is 2.22. The molecular weight excluding hydrogens is 524 g/mol. The number of amidine groups is 2. The van der Waals surface area contributed by atoms with Gasteiger partial charge in [-0.1, -0.05) is 133 Å². The van der Waals surface area contributed by atoms with Crippen LogP contribution in [0.15, 0.2) is 156 Å². The van der Waals surface area contributed by atoms with Gasteiger partial charge >= 0.3 is 0 Å². The lowest BCUT2D eigenvalue weighted by atomic mass is 10.0. The second-order valence-corrected chi connectivity index (χ2v) is 11.1. The molecule has 0 radical (unpaired) electrons. The van der Waals surface area contributed by atoms with E-state index < -0.39 is 0 Å². The van der Waals surface area contributed by atoms with Gasteiger partial charge in [-0.15, -0.1) is 0 Å². The number of nitrogens with one attached hydrogen (secondary N) is 1. The van der Waals surface area contributed by atoms with E-state index >= 15 is 0 Å². The van der Waals surface area contributed by atoms with Crippen molar-refractivity contribution >= 4 is 49.8 Å². The highest BCUT2D eigenvalue weighted by molar-refractivity contribution is 6.24. The third-order valence-electron chi connectivity index (χ3n) is 8.60. The van der Waals surface area contributed by atoms with Crippen molar-refractivity contribution in [3.8, 4) is 11.1 Å². The Morgan fingerprint density at radius 3 is 1.77 bits per heavy atom. The van der Waals surface area contributed by atoms with Crippen molar-refractivity contribution < 1.29 is 0 Å². The molecule has 1 atom stereocenters. The lowest BCUT2D eigenvalue weighted by Crippen LogP contribution is -2.36. The Morgan fingerprint density at radius 2 is 1.00 bits per heavy atom. The predicted molar refractivity (Wildman–Crippen MR) is 178 cm³/mol. The molecule has 4 heteroatoms. The van der Waals surface area contributed by atoms with Crippen LogP contribution in [0.4, 0.5) is 0 Å². The van der Waals surface area contributed by atoms with Gasteiger partial charge in [0.2, 0.25) is 0 Å². The van der Waals surface area contributed by atoms with E-state index in [1.165, 1.54) is 49.2 Å². The predicted octanol–water partition coefficient (Wildman–Crippen LogP) is 9.00. The van der Waals surface area contributed by atoms with E-state index in [-0.39, 0.29) is 6.17 Å². The fourth-order valence-electron chi connectivity index (χ4n) is 6.55. The molecule has 202 valence electrons. The van der Waals surface area contributed by atoms with Gasteiger partial charge in [-0.25, -0.2) is 9.98 Å². The first-order valence-electron chi connectivity index (χ1n) is 14.6. The molecule has 0 fully saturated rings. The fourth-order valence-corrected chi connectivity index (χ4v) is 6.55. The Bertz CT molecular complexity index is 2350. The van der Waals surface area contributed by atoms with Gasteiger partial charge in [0.1, 0.15) is 11.7 Å². The van der Waals surface area contributed by atoms with Crippen LogP contribution < -0.4 is 5.32 Å². The zero-order valence-electron chi connectivity index (χ0n) is 23.3. The Hall–Kier alpha value is -5.74. The molecule has 0 saturated carbocycles. The maximum Gasteiger partial charge on any atom is 0.169 e. The number of benzene rings is 6. The quantitative estimate of drug-likeness (QED) is 0.233. The number of fused-ring (bicyclic) bond motifs is 6. The van der Waals surface area contributed by atoms with Crippen LogP contribution in [-0.2, 0) is 0 Å². The van der Waals surface area contributed by atoms with Gasteiger partial charge in [0, 0.05) is 32.7 Å². The lowest BCUT2D eigenvalue weighted by molar-refractivity contribution is 0.756. The number of hydrogen-bond donors (Lipinski definition) is 1. The van der Waals surface area contributed by atoms with Crippen molar-refractivity contribution in [2.75, 3.05) is 0 Å². The number of hydrogen-bond acceptors (Lipinski definition) is 3. The Kier molecular flexibility index (Phi) is 5.23. The van der Waals surface area contributed by atoms with Gasteiger partial charge in [-0.2, -0.15) is 0 Å². The van der Waals surface area contributed by atoms with E-state index in [0.29, 0.717) is 0 Å². The van der Waals surface area contributed by atoms with Crippen LogP contribution in [0.2, 0.25) is 0 Å². The highest BCUT2D eigenvalue weighted by Crippen LogP contribution is 2.39. The minimum absolute atomic E-state index is 0.342. The molecule has 4 nitrogen and oxygen atoms in total. The first kappa shape index (κ1) is 23.9. The second kappa shape index (κ2) is 9.40. The summed E-state index contributed by atoms with van der Waals surface area (Å²) in [6.07, 6.45) is -0.342. The molecule has 0 spiro atoms.